The van der Waals surface area contributed by atoms with E-state index in [1.54, 1.807) is 18.2 Å². The molecular formula is C25H22ClN3O2. The number of nitrogens with one attached hydrogen (secondary N) is 1. The van der Waals surface area contributed by atoms with Crippen LogP contribution < -0.4 is 15.1 Å². The highest BCUT2D eigenvalue weighted by Crippen LogP contribution is 2.35. The highest BCUT2D eigenvalue weighted by Gasteiger charge is 2.40. The van der Waals surface area contributed by atoms with Gasteiger partial charge in [-0.15, -0.1) is 0 Å². The first kappa shape index (κ1) is 20.7. The van der Waals surface area contributed by atoms with Crippen molar-refractivity contribution in [3.63, 3.8) is 0 Å². The molecule has 0 aliphatic carbocycles. The summed E-state index contributed by atoms with van der Waals surface area (Å²) in [5, 5.41) is 3.77. The van der Waals surface area contributed by atoms with Crippen molar-refractivity contribution >= 4 is 46.1 Å². The number of carbonyl (C=O) groups excluding carboxylic acids is 2. The first-order chi connectivity index (χ1) is 14.9. The fourth-order valence-electron chi connectivity index (χ4n) is 3.54. The van der Waals surface area contributed by atoms with Gasteiger partial charge in [0.05, 0.1) is 11.3 Å². The van der Waals surface area contributed by atoms with E-state index in [1.807, 2.05) is 80.5 Å². The number of imide groups is 1. The number of benzene rings is 3. The molecule has 1 aliphatic heterocycles. The summed E-state index contributed by atoms with van der Waals surface area (Å²) in [6, 6.07) is 22.0. The summed E-state index contributed by atoms with van der Waals surface area (Å²) in [6.07, 6.45) is 0. The van der Waals surface area contributed by atoms with E-state index in [1.165, 1.54) is 4.90 Å². The Hall–Kier alpha value is -3.57. The van der Waals surface area contributed by atoms with Gasteiger partial charge in [-0.25, -0.2) is 4.90 Å². The quantitative estimate of drug-likeness (QED) is 0.570. The maximum atomic E-state index is 13.5. The summed E-state index contributed by atoms with van der Waals surface area (Å²) in [5.41, 5.74) is 4.14. The van der Waals surface area contributed by atoms with Crippen LogP contribution in [0.5, 0.6) is 0 Å². The largest absolute Gasteiger partial charge is 0.378 e. The van der Waals surface area contributed by atoms with Gasteiger partial charge in [0.2, 0.25) is 0 Å². The molecule has 156 valence electrons. The fraction of sp³-hybridized carbons (Fsp3) is 0.120. The average Bonchev–Trinajstić information content (AvgIpc) is 3.01. The summed E-state index contributed by atoms with van der Waals surface area (Å²) in [7, 11) is 3.82. The highest BCUT2D eigenvalue weighted by molar-refractivity contribution is 6.46. The van der Waals surface area contributed by atoms with Crippen LogP contribution in [0.4, 0.5) is 17.1 Å². The van der Waals surface area contributed by atoms with E-state index >= 15 is 0 Å². The Morgan fingerprint density at radius 1 is 0.871 bits per heavy atom. The molecule has 6 heteroatoms. The number of rotatable bonds is 5. The Morgan fingerprint density at radius 3 is 2.29 bits per heavy atom. The van der Waals surface area contributed by atoms with E-state index in [0.29, 0.717) is 27.5 Å². The van der Waals surface area contributed by atoms with E-state index in [0.717, 1.165) is 11.3 Å². The lowest BCUT2D eigenvalue weighted by atomic mass is 10.0. The summed E-state index contributed by atoms with van der Waals surface area (Å²) in [5.74, 6) is -0.770. The molecule has 0 spiro atoms. The zero-order valence-electron chi connectivity index (χ0n) is 17.5. The second-order valence-electron chi connectivity index (χ2n) is 7.51. The van der Waals surface area contributed by atoms with Gasteiger partial charge in [-0.1, -0.05) is 54.1 Å². The number of nitrogens with zero attached hydrogens (tertiary/aromatic N) is 2. The second kappa shape index (κ2) is 8.28. The molecule has 0 saturated carbocycles. The third kappa shape index (κ3) is 3.80. The Balaban J connectivity index is 1.83. The van der Waals surface area contributed by atoms with E-state index in [4.69, 9.17) is 11.6 Å². The second-order valence-corrected chi connectivity index (χ2v) is 7.92. The normalized spacial score (nSPS) is 13.7. The molecule has 0 fully saturated rings. The molecule has 5 nitrogen and oxygen atoms in total. The van der Waals surface area contributed by atoms with E-state index in [-0.39, 0.29) is 11.6 Å². The third-order valence-electron chi connectivity index (χ3n) is 5.28. The molecule has 3 aromatic carbocycles. The molecule has 1 heterocycles. The minimum atomic E-state index is -0.404. The molecule has 31 heavy (non-hydrogen) atoms. The van der Waals surface area contributed by atoms with Gasteiger partial charge in [0, 0.05) is 30.5 Å². The van der Waals surface area contributed by atoms with Crippen LogP contribution >= 0.6 is 11.6 Å². The van der Waals surface area contributed by atoms with Crippen LogP contribution in [-0.2, 0) is 9.59 Å². The number of carbonyl (C=O) groups is 2. The van der Waals surface area contributed by atoms with Crippen LogP contribution in [0.1, 0.15) is 11.1 Å². The van der Waals surface area contributed by atoms with E-state index in [2.05, 4.69) is 5.32 Å². The van der Waals surface area contributed by atoms with Gasteiger partial charge in [-0.05, 0) is 48.4 Å². The van der Waals surface area contributed by atoms with E-state index in [9.17, 15) is 9.59 Å². The van der Waals surface area contributed by atoms with Crippen molar-refractivity contribution in [2.45, 2.75) is 6.92 Å². The van der Waals surface area contributed by atoms with E-state index < -0.39 is 5.91 Å². The maximum Gasteiger partial charge on any atom is 0.282 e. The first-order valence-electron chi connectivity index (χ1n) is 9.86. The van der Waals surface area contributed by atoms with Crippen molar-refractivity contribution in [2.24, 2.45) is 0 Å². The van der Waals surface area contributed by atoms with Crippen LogP contribution in [0.2, 0.25) is 5.02 Å². The third-order valence-corrected chi connectivity index (χ3v) is 5.69. The minimum Gasteiger partial charge on any atom is -0.378 e. The minimum absolute atomic E-state index is 0.233. The van der Waals surface area contributed by atoms with Gasteiger partial charge < -0.3 is 10.2 Å². The Morgan fingerprint density at radius 2 is 1.58 bits per heavy atom. The molecule has 2 amide bonds. The molecule has 4 rings (SSSR count). The smallest absolute Gasteiger partial charge is 0.282 e. The number of anilines is 3. The average molecular weight is 432 g/mol. The molecule has 1 aliphatic rings. The van der Waals surface area contributed by atoms with Crippen molar-refractivity contribution in [1.29, 1.82) is 0 Å². The van der Waals surface area contributed by atoms with Crippen molar-refractivity contribution in [3.8, 4) is 0 Å². The Labute approximate surface area is 186 Å². The molecular weight excluding hydrogens is 410 g/mol. The Bertz CT molecular complexity index is 1200. The monoisotopic (exact) mass is 431 g/mol. The van der Waals surface area contributed by atoms with Gasteiger partial charge in [0.15, 0.2) is 0 Å². The fourth-order valence-corrected chi connectivity index (χ4v) is 3.72. The number of hydrogen-bond acceptors (Lipinski definition) is 4. The van der Waals surface area contributed by atoms with Gasteiger partial charge >= 0.3 is 0 Å². The molecule has 0 bridgehead atoms. The number of halogens is 1. The van der Waals surface area contributed by atoms with Gasteiger partial charge in [-0.3, -0.25) is 9.59 Å². The molecule has 0 unspecified atom stereocenters. The lowest BCUT2D eigenvalue weighted by Crippen LogP contribution is -2.32. The van der Waals surface area contributed by atoms with Crippen LogP contribution in [0.25, 0.3) is 5.57 Å². The summed E-state index contributed by atoms with van der Waals surface area (Å²) < 4.78 is 0. The molecule has 1 N–H and O–H groups in total. The van der Waals surface area contributed by atoms with Gasteiger partial charge in [0.1, 0.15) is 5.70 Å². The lowest BCUT2D eigenvalue weighted by molar-refractivity contribution is -0.120. The molecule has 0 saturated heterocycles. The first-order valence-corrected chi connectivity index (χ1v) is 10.2. The molecule has 0 atom stereocenters. The maximum absolute atomic E-state index is 13.5. The molecule has 0 aromatic heterocycles. The van der Waals surface area contributed by atoms with Crippen molar-refractivity contribution in [2.75, 3.05) is 29.2 Å². The topological polar surface area (TPSA) is 52.7 Å². The van der Waals surface area contributed by atoms with Crippen LogP contribution in [-0.4, -0.2) is 25.9 Å². The predicted octanol–water partition coefficient (Wildman–Crippen LogP) is 5.11. The molecule has 3 aromatic rings. The van der Waals surface area contributed by atoms with Crippen molar-refractivity contribution in [3.05, 3.63) is 94.6 Å². The Kier molecular flexibility index (Phi) is 5.53. The zero-order valence-corrected chi connectivity index (χ0v) is 18.3. The van der Waals surface area contributed by atoms with Gasteiger partial charge in [0.25, 0.3) is 11.8 Å². The zero-order chi connectivity index (χ0) is 22.1. The molecule has 0 radical (unpaired) electrons. The van der Waals surface area contributed by atoms with Crippen LogP contribution in [0.3, 0.4) is 0 Å². The summed E-state index contributed by atoms with van der Waals surface area (Å²) in [6.45, 7) is 1.87. The highest BCUT2D eigenvalue weighted by atomic mass is 35.5. The van der Waals surface area contributed by atoms with Gasteiger partial charge in [-0.2, -0.15) is 0 Å². The SMILES string of the molecule is Cc1c(Cl)cccc1NC1=C(c2ccccc2)C(=O)N(c2cccc(N(C)C)c2)C1=O. The van der Waals surface area contributed by atoms with Crippen LogP contribution in [0, 0.1) is 6.92 Å². The standard InChI is InChI=1S/C25H22ClN3O2/c1-16-20(26)13-8-14-21(16)27-23-22(17-9-5-4-6-10-17)24(30)29(25(23)31)19-12-7-11-18(15-19)28(2)3/h4-15,27H,1-3H3. The van der Waals surface area contributed by atoms with Crippen molar-refractivity contribution < 1.29 is 9.59 Å². The summed E-state index contributed by atoms with van der Waals surface area (Å²) in [4.78, 5) is 30.2. The van der Waals surface area contributed by atoms with Crippen molar-refractivity contribution in [1.82, 2.24) is 0 Å². The van der Waals surface area contributed by atoms with Crippen LogP contribution in [0.15, 0.2) is 78.5 Å². The predicted molar refractivity (Wildman–Crippen MR) is 126 cm³/mol. The lowest BCUT2D eigenvalue weighted by Gasteiger charge is -2.19. The summed E-state index contributed by atoms with van der Waals surface area (Å²) >= 11 is 6.27. The number of hydrogen-bond donors (Lipinski definition) is 1. The number of amides is 2.